The Balaban J connectivity index is 1.74. The number of hydrogen-bond donors (Lipinski definition) is 2. The van der Waals surface area contributed by atoms with Crippen LogP contribution in [0.5, 0.6) is 0 Å². The Hall–Kier alpha value is -1.02. The number of nitrogens with zero attached hydrogens (tertiary/aromatic N) is 2. The highest BCUT2D eigenvalue weighted by molar-refractivity contribution is 7.80. The zero-order valence-electron chi connectivity index (χ0n) is 14.0. The van der Waals surface area contributed by atoms with Crippen molar-refractivity contribution in [3.8, 4) is 0 Å². The maximum atomic E-state index is 12.1. The lowest BCUT2D eigenvalue weighted by Crippen LogP contribution is -2.59. The van der Waals surface area contributed by atoms with E-state index in [1.165, 1.54) is 6.92 Å². The minimum atomic E-state index is -1.75. The van der Waals surface area contributed by atoms with Gasteiger partial charge in [-0.3, -0.25) is 9.59 Å². The second kappa shape index (κ2) is 7.54. The monoisotopic (exact) mass is 436 g/mol. The van der Waals surface area contributed by atoms with Gasteiger partial charge in [0.2, 0.25) is 9.70 Å². The van der Waals surface area contributed by atoms with E-state index >= 15 is 0 Å². The molecule has 0 saturated carbocycles. The molecular formula is C16H19Cl3N4O2S. The van der Waals surface area contributed by atoms with Crippen molar-refractivity contribution >= 4 is 58.0 Å². The number of hydrogen-bond acceptors (Lipinski definition) is 3. The molecule has 2 unspecified atom stereocenters. The maximum absolute atomic E-state index is 12.1. The second-order valence-corrected chi connectivity index (χ2v) is 9.48. The number of fused-ring (bicyclic) bond motifs is 4. The van der Waals surface area contributed by atoms with E-state index in [-0.39, 0.29) is 17.4 Å². The molecular weight excluding hydrogens is 419 g/mol. The lowest BCUT2D eigenvalue weighted by Gasteiger charge is -2.44. The van der Waals surface area contributed by atoms with Crippen molar-refractivity contribution in [2.75, 3.05) is 13.1 Å². The molecule has 1 amide bonds. The highest BCUT2D eigenvalue weighted by Gasteiger charge is 2.38. The van der Waals surface area contributed by atoms with Crippen molar-refractivity contribution < 1.29 is 4.79 Å². The van der Waals surface area contributed by atoms with Gasteiger partial charge >= 0.3 is 0 Å². The molecule has 3 atom stereocenters. The number of amides is 1. The molecule has 1 aromatic heterocycles. The largest absolute Gasteiger partial charge is 0.348 e. The number of carbonyl (C=O) groups excluding carboxylic acids is 1. The number of aromatic nitrogens is 1. The van der Waals surface area contributed by atoms with Gasteiger partial charge in [-0.05, 0) is 30.6 Å². The van der Waals surface area contributed by atoms with Crippen LogP contribution in [0.25, 0.3) is 0 Å². The Labute approximate surface area is 171 Å². The van der Waals surface area contributed by atoms with E-state index in [2.05, 4.69) is 10.6 Å². The van der Waals surface area contributed by atoms with Gasteiger partial charge in [-0.25, -0.2) is 0 Å². The lowest BCUT2D eigenvalue weighted by atomic mass is 9.83. The fraction of sp³-hybridized carbons (Fsp3) is 0.562. The quantitative estimate of drug-likeness (QED) is 0.421. The van der Waals surface area contributed by atoms with E-state index < -0.39 is 9.96 Å². The van der Waals surface area contributed by atoms with Crippen LogP contribution in [0.2, 0.25) is 0 Å². The van der Waals surface area contributed by atoms with Gasteiger partial charge in [0.15, 0.2) is 5.11 Å². The Morgan fingerprint density at radius 3 is 2.65 bits per heavy atom. The molecule has 6 nitrogen and oxygen atoms in total. The van der Waals surface area contributed by atoms with E-state index in [4.69, 9.17) is 47.0 Å². The van der Waals surface area contributed by atoms with Crippen molar-refractivity contribution in [3.05, 3.63) is 34.2 Å². The predicted octanol–water partition coefficient (Wildman–Crippen LogP) is 1.97. The number of pyridine rings is 1. The standard InChI is InChI=1S/C16H19Cl3N4O2S/c1-9(24)20-14(16(17,18)19)21-15(26)22-6-10-5-11(8-22)12-3-2-4-13(25)23(12)7-10/h2-4,10-11,14H,5-8H2,1H3,(H,20,24)(H,21,26)/t10?,11-,14?/m0/s1. The van der Waals surface area contributed by atoms with Gasteiger partial charge in [0.05, 0.1) is 0 Å². The minimum absolute atomic E-state index is 0.0354. The van der Waals surface area contributed by atoms with E-state index in [0.29, 0.717) is 30.7 Å². The Morgan fingerprint density at radius 1 is 1.27 bits per heavy atom. The number of nitrogens with one attached hydrogen (secondary N) is 2. The second-order valence-electron chi connectivity index (χ2n) is 6.73. The smallest absolute Gasteiger partial charge is 0.250 e. The average molecular weight is 438 g/mol. The van der Waals surface area contributed by atoms with E-state index in [9.17, 15) is 9.59 Å². The molecule has 3 heterocycles. The molecule has 0 aliphatic carbocycles. The first kappa shape index (κ1) is 19.7. The fourth-order valence-corrected chi connectivity index (χ4v) is 4.27. The molecule has 2 N–H and O–H groups in total. The van der Waals surface area contributed by atoms with Crippen LogP contribution in [0.4, 0.5) is 0 Å². The van der Waals surface area contributed by atoms with Crippen LogP contribution >= 0.6 is 47.0 Å². The third-order valence-electron chi connectivity index (χ3n) is 4.71. The number of halogens is 3. The van der Waals surface area contributed by atoms with E-state index in [1.807, 2.05) is 15.5 Å². The molecule has 26 heavy (non-hydrogen) atoms. The molecule has 2 aliphatic rings. The SMILES string of the molecule is CC(=O)NC(NC(=S)N1CC2C[C@@H](C1)c1cccc(=O)n1C2)C(Cl)(Cl)Cl. The Bertz CT molecular complexity index is 779. The lowest BCUT2D eigenvalue weighted by molar-refractivity contribution is -0.119. The molecule has 10 heteroatoms. The molecule has 1 aromatic rings. The average Bonchev–Trinajstić information content (AvgIpc) is 2.54. The number of piperidine rings is 1. The van der Waals surface area contributed by atoms with Crippen molar-refractivity contribution in [2.24, 2.45) is 5.92 Å². The Kier molecular flexibility index (Phi) is 5.72. The molecule has 1 saturated heterocycles. The molecule has 0 aromatic carbocycles. The molecule has 2 aliphatic heterocycles. The number of carbonyl (C=O) groups is 1. The van der Waals surface area contributed by atoms with Crippen LogP contribution in [0.3, 0.4) is 0 Å². The van der Waals surface area contributed by atoms with Crippen molar-refractivity contribution in [1.82, 2.24) is 20.1 Å². The molecule has 0 spiro atoms. The maximum Gasteiger partial charge on any atom is 0.250 e. The van der Waals surface area contributed by atoms with Gasteiger partial charge in [-0.2, -0.15) is 0 Å². The number of alkyl halides is 3. The topological polar surface area (TPSA) is 66.4 Å². The van der Waals surface area contributed by atoms with Crippen molar-refractivity contribution in [3.63, 3.8) is 0 Å². The molecule has 1 fully saturated rings. The van der Waals surface area contributed by atoms with Gasteiger partial charge in [-0.15, -0.1) is 0 Å². The van der Waals surface area contributed by atoms with E-state index in [1.54, 1.807) is 12.1 Å². The van der Waals surface area contributed by atoms with Crippen LogP contribution in [-0.4, -0.2) is 43.5 Å². The van der Waals surface area contributed by atoms with Crippen LogP contribution < -0.4 is 16.2 Å². The third-order valence-corrected chi connectivity index (χ3v) is 5.74. The van der Waals surface area contributed by atoms with Crippen LogP contribution in [-0.2, 0) is 11.3 Å². The van der Waals surface area contributed by atoms with E-state index in [0.717, 1.165) is 12.1 Å². The molecule has 3 rings (SSSR count). The zero-order valence-corrected chi connectivity index (χ0v) is 17.1. The normalized spacial score (nSPS) is 23.0. The summed E-state index contributed by atoms with van der Waals surface area (Å²) < 4.78 is 0.107. The fourth-order valence-electron chi connectivity index (χ4n) is 3.68. The minimum Gasteiger partial charge on any atom is -0.348 e. The van der Waals surface area contributed by atoms with Crippen molar-refractivity contribution in [2.45, 2.75) is 35.8 Å². The summed E-state index contributed by atoms with van der Waals surface area (Å²) in [4.78, 5) is 25.5. The van der Waals surface area contributed by atoms with Crippen LogP contribution in [0.15, 0.2) is 23.0 Å². The highest BCUT2D eigenvalue weighted by Crippen LogP contribution is 2.35. The summed E-state index contributed by atoms with van der Waals surface area (Å²) >= 11 is 23.3. The van der Waals surface area contributed by atoms with Gasteiger partial charge in [0.1, 0.15) is 6.17 Å². The van der Waals surface area contributed by atoms with Crippen molar-refractivity contribution in [1.29, 1.82) is 0 Å². The van der Waals surface area contributed by atoms with Crippen LogP contribution in [0, 0.1) is 5.92 Å². The zero-order chi connectivity index (χ0) is 19.1. The van der Waals surface area contributed by atoms with Gasteiger partial charge in [0.25, 0.3) is 5.56 Å². The predicted molar refractivity (Wildman–Crippen MR) is 107 cm³/mol. The summed E-state index contributed by atoms with van der Waals surface area (Å²) in [6, 6.07) is 5.37. The summed E-state index contributed by atoms with van der Waals surface area (Å²) in [7, 11) is 0. The Morgan fingerprint density at radius 2 is 2.00 bits per heavy atom. The van der Waals surface area contributed by atoms with Gasteiger partial charge < -0.3 is 20.1 Å². The summed E-state index contributed by atoms with van der Waals surface area (Å²) in [6.45, 7) is 3.38. The van der Waals surface area contributed by atoms with Gasteiger partial charge in [-0.1, -0.05) is 40.9 Å². The molecule has 142 valence electrons. The summed E-state index contributed by atoms with van der Waals surface area (Å²) in [5.41, 5.74) is 1.06. The highest BCUT2D eigenvalue weighted by atomic mass is 35.6. The molecule has 0 radical (unpaired) electrons. The van der Waals surface area contributed by atoms with Crippen LogP contribution in [0.1, 0.15) is 25.0 Å². The first-order valence-electron chi connectivity index (χ1n) is 8.24. The first-order valence-corrected chi connectivity index (χ1v) is 9.78. The summed E-state index contributed by atoms with van der Waals surface area (Å²) in [5.74, 6) is 0.191. The third kappa shape index (κ3) is 4.27. The summed E-state index contributed by atoms with van der Waals surface area (Å²) in [5, 5.41) is 5.91. The first-order chi connectivity index (χ1) is 12.1. The number of likely N-dealkylation sites (tertiary alicyclic amines) is 1. The number of thiocarbonyl (C=S) groups is 1. The summed E-state index contributed by atoms with van der Waals surface area (Å²) in [6.07, 6.45) is 0.0801. The molecule has 2 bridgehead atoms. The van der Waals surface area contributed by atoms with Gasteiger partial charge in [0, 0.05) is 44.2 Å². The number of rotatable bonds is 2.